The number of rotatable bonds is 3. The Labute approximate surface area is 169 Å². The van der Waals surface area contributed by atoms with Crippen molar-refractivity contribution in [1.29, 1.82) is 0 Å². The molecule has 2 aromatic rings. The van der Waals surface area contributed by atoms with E-state index in [-0.39, 0.29) is 17.9 Å². The molecule has 2 N–H and O–H groups in total. The van der Waals surface area contributed by atoms with E-state index < -0.39 is 0 Å². The second-order valence-corrected chi connectivity index (χ2v) is 7.93. The Hall–Kier alpha value is -3.09. The number of amides is 2. The predicted octanol–water partition coefficient (Wildman–Crippen LogP) is 1.97. The quantitative estimate of drug-likeness (QED) is 0.834. The topological polar surface area (TPSA) is 83.6 Å². The molecule has 4 heterocycles. The molecule has 2 amide bonds. The predicted molar refractivity (Wildman–Crippen MR) is 108 cm³/mol. The third-order valence-electron chi connectivity index (χ3n) is 5.98. The fraction of sp³-hybridized carbons (Fsp3) is 0.409. The Morgan fingerprint density at radius 2 is 1.86 bits per heavy atom. The molecule has 1 aromatic heterocycles. The van der Waals surface area contributed by atoms with Crippen LogP contribution in [0.4, 0.5) is 5.82 Å². The molecule has 0 bridgehead atoms. The Morgan fingerprint density at radius 1 is 1.07 bits per heavy atom. The summed E-state index contributed by atoms with van der Waals surface area (Å²) in [6.07, 6.45) is 2.76. The maximum atomic E-state index is 12.1. The van der Waals surface area contributed by atoms with Crippen molar-refractivity contribution in [3.63, 3.8) is 0 Å². The zero-order valence-electron chi connectivity index (χ0n) is 16.5. The summed E-state index contributed by atoms with van der Waals surface area (Å²) in [5.74, 6) is 1.67. The number of aryl methyl sites for hydroxylation is 1. The number of pyridine rings is 1. The van der Waals surface area contributed by atoms with E-state index in [0.29, 0.717) is 18.7 Å². The fourth-order valence-electron chi connectivity index (χ4n) is 4.39. The van der Waals surface area contributed by atoms with Gasteiger partial charge in [-0.25, -0.2) is 4.98 Å². The third-order valence-corrected chi connectivity index (χ3v) is 5.98. The Bertz CT molecular complexity index is 996. The smallest absolute Gasteiger partial charge is 0.253 e. The van der Waals surface area contributed by atoms with Gasteiger partial charge in [0.05, 0.1) is 17.8 Å². The largest absolute Gasteiger partial charge is 0.490 e. The first-order valence-electron chi connectivity index (χ1n) is 10.2. The van der Waals surface area contributed by atoms with Gasteiger partial charge in [-0.3, -0.25) is 9.59 Å². The summed E-state index contributed by atoms with van der Waals surface area (Å²) in [4.78, 5) is 30.9. The normalized spacial score (nSPS) is 18.7. The average Bonchev–Trinajstić information content (AvgIpc) is 3.08. The molecule has 1 aromatic carbocycles. The average molecular weight is 392 g/mol. The van der Waals surface area contributed by atoms with E-state index in [1.807, 2.05) is 31.2 Å². The number of ether oxygens (including phenoxy) is 1. The van der Waals surface area contributed by atoms with Crippen LogP contribution in [0.1, 0.15) is 50.4 Å². The number of fused-ring (bicyclic) bond motifs is 2. The lowest BCUT2D eigenvalue weighted by Gasteiger charge is -2.34. The van der Waals surface area contributed by atoms with Gasteiger partial charge >= 0.3 is 0 Å². The summed E-state index contributed by atoms with van der Waals surface area (Å²) in [6, 6.07) is 7.79. The molecule has 0 spiro atoms. The molecule has 3 aliphatic rings. The standard InChI is InChI=1S/C22H24N4O3/c1-13-10-18-19(12-24-22(18)28)25-20(13)26-8-5-15(6-9-26)29-16-3-2-14-4-7-23-21(27)17(14)11-16/h2-3,10-11,15H,4-9,12H2,1H3,(H,23,27)(H,24,28). The van der Waals surface area contributed by atoms with Gasteiger partial charge in [0.15, 0.2) is 0 Å². The first-order valence-corrected chi connectivity index (χ1v) is 10.2. The summed E-state index contributed by atoms with van der Waals surface area (Å²) in [7, 11) is 0. The van der Waals surface area contributed by atoms with Crippen molar-refractivity contribution in [1.82, 2.24) is 15.6 Å². The van der Waals surface area contributed by atoms with Gasteiger partial charge in [0, 0.05) is 38.0 Å². The van der Waals surface area contributed by atoms with Crippen molar-refractivity contribution >= 4 is 17.6 Å². The van der Waals surface area contributed by atoms with Gasteiger partial charge < -0.3 is 20.3 Å². The van der Waals surface area contributed by atoms with Crippen molar-refractivity contribution in [2.45, 2.75) is 38.8 Å². The Balaban J connectivity index is 1.25. The molecule has 1 fully saturated rings. The fourth-order valence-corrected chi connectivity index (χ4v) is 4.39. The maximum absolute atomic E-state index is 12.1. The van der Waals surface area contributed by atoms with Gasteiger partial charge in [-0.05, 0) is 42.7 Å². The van der Waals surface area contributed by atoms with Crippen molar-refractivity contribution in [3.05, 3.63) is 52.2 Å². The Morgan fingerprint density at radius 3 is 2.69 bits per heavy atom. The molecule has 0 saturated carbocycles. The molecule has 29 heavy (non-hydrogen) atoms. The molecule has 5 rings (SSSR count). The van der Waals surface area contributed by atoms with Crippen LogP contribution in [0.25, 0.3) is 0 Å². The molecule has 3 aliphatic heterocycles. The summed E-state index contributed by atoms with van der Waals surface area (Å²) in [5, 5.41) is 5.72. The highest BCUT2D eigenvalue weighted by molar-refractivity contribution is 5.98. The second-order valence-electron chi connectivity index (χ2n) is 7.93. The van der Waals surface area contributed by atoms with Crippen LogP contribution in [0.3, 0.4) is 0 Å². The first kappa shape index (κ1) is 18.0. The lowest BCUT2D eigenvalue weighted by molar-refractivity contribution is 0.0942. The number of carbonyl (C=O) groups excluding carboxylic acids is 2. The molecule has 0 aliphatic carbocycles. The molecule has 1 saturated heterocycles. The SMILES string of the molecule is Cc1cc2c(nc1N1CCC(Oc3ccc4c(c3)C(=O)NCC4)CC1)CNC2=O. The molecule has 7 nitrogen and oxygen atoms in total. The van der Waals surface area contributed by atoms with Crippen LogP contribution < -0.4 is 20.3 Å². The van der Waals surface area contributed by atoms with Crippen molar-refractivity contribution in [3.8, 4) is 5.75 Å². The van der Waals surface area contributed by atoms with Crippen molar-refractivity contribution < 1.29 is 14.3 Å². The number of nitrogens with zero attached hydrogens (tertiary/aromatic N) is 2. The van der Waals surface area contributed by atoms with Crippen LogP contribution >= 0.6 is 0 Å². The molecule has 0 radical (unpaired) electrons. The zero-order valence-corrected chi connectivity index (χ0v) is 16.5. The van der Waals surface area contributed by atoms with Crippen LogP contribution in [0.15, 0.2) is 24.3 Å². The van der Waals surface area contributed by atoms with Gasteiger partial charge in [-0.1, -0.05) is 6.07 Å². The number of nitrogens with one attached hydrogen (secondary N) is 2. The number of carbonyl (C=O) groups is 2. The molecule has 150 valence electrons. The highest BCUT2D eigenvalue weighted by Crippen LogP contribution is 2.28. The minimum Gasteiger partial charge on any atom is -0.490 e. The number of hydrogen-bond donors (Lipinski definition) is 2. The highest BCUT2D eigenvalue weighted by atomic mass is 16.5. The van der Waals surface area contributed by atoms with Crippen LogP contribution in [0.5, 0.6) is 5.75 Å². The van der Waals surface area contributed by atoms with Gasteiger partial charge in [-0.2, -0.15) is 0 Å². The van der Waals surface area contributed by atoms with E-state index in [4.69, 9.17) is 9.72 Å². The van der Waals surface area contributed by atoms with E-state index >= 15 is 0 Å². The monoisotopic (exact) mass is 392 g/mol. The first-order chi connectivity index (χ1) is 14.1. The number of anilines is 1. The lowest BCUT2D eigenvalue weighted by Crippen LogP contribution is -2.39. The molecule has 0 atom stereocenters. The van der Waals surface area contributed by atoms with E-state index in [9.17, 15) is 9.59 Å². The van der Waals surface area contributed by atoms with Gasteiger partial charge in [0.1, 0.15) is 17.7 Å². The second kappa shape index (κ2) is 7.06. The minimum absolute atomic E-state index is 0.0161. The highest BCUT2D eigenvalue weighted by Gasteiger charge is 2.27. The van der Waals surface area contributed by atoms with Crippen molar-refractivity contribution in [2.75, 3.05) is 24.5 Å². The third kappa shape index (κ3) is 3.30. The van der Waals surface area contributed by atoms with Crippen LogP contribution in [-0.4, -0.2) is 42.5 Å². The summed E-state index contributed by atoms with van der Waals surface area (Å²) < 4.78 is 6.19. The number of benzene rings is 1. The van der Waals surface area contributed by atoms with E-state index in [1.165, 1.54) is 0 Å². The minimum atomic E-state index is -0.0343. The molecule has 0 unspecified atom stereocenters. The number of hydrogen-bond acceptors (Lipinski definition) is 5. The molecular formula is C22H24N4O3. The van der Waals surface area contributed by atoms with Crippen LogP contribution in [-0.2, 0) is 13.0 Å². The summed E-state index contributed by atoms with van der Waals surface area (Å²) in [5.41, 5.74) is 4.37. The lowest BCUT2D eigenvalue weighted by atomic mass is 10.00. The van der Waals surface area contributed by atoms with Crippen LogP contribution in [0, 0.1) is 6.92 Å². The maximum Gasteiger partial charge on any atom is 0.253 e. The number of aromatic nitrogens is 1. The van der Waals surface area contributed by atoms with E-state index in [2.05, 4.69) is 15.5 Å². The summed E-state index contributed by atoms with van der Waals surface area (Å²) >= 11 is 0. The van der Waals surface area contributed by atoms with E-state index in [0.717, 1.165) is 66.3 Å². The molecule has 7 heteroatoms. The zero-order chi connectivity index (χ0) is 20.0. The van der Waals surface area contributed by atoms with Gasteiger partial charge in [0.2, 0.25) is 0 Å². The van der Waals surface area contributed by atoms with E-state index in [1.54, 1.807) is 0 Å². The summed E-state index contributed by atoms with van der Waals surface area (Å²) in [6.45, 7) is 4.92. The number of piperidine rings is 1. The van der Waals surface area contributed by atoms with Gasteiger partial charge in [0.25, 0.3) is 11.8 Å². The van der Waals surface area contributed by atoms with Crippen molar-refractivity contribution in [2.24, 2.45) is 0 Å². The molecular weight excluding hydrogens is 368 g/mol. The van der Waals surface area contributed by atoms with Crippen LogP contribution in [0.2, 0.25) is 0 Å². The van der Waals surface area contributed by atoms with Gasteiger partial charge in [-0.15, -0.1) is 0 Å². The Kier molecular flexibility index (Phi) is 4.38.